The second kappa shape index (κ2) is 4.76. The summed E-state index contributed by atoms with van der Waals surface area (Å²) in [5.74, 6) is -0.911. The largest absolute Gasteiger partial charge is 0.345 e. The van der Waals surface area contributed by atoms with E-state index in [1.165, 1.54) is 11.0 Å². The van der Waals surface area contributed by atoms with Crippen molar-refractivity contribution in [2.75, 3.05) is 11.4 Å². The Morgan fingerprint density at radius 1 is 1.39 bits per heavy atom. The summed E-state index contributed by atoms with van der Waals surface area (Å²) in [6.45, 7) is 3.56. The molecule has 96 valence electrons. The SMILES string of the molecule is Cc1cccc(F)c1N1CCC(=O)NC(C)C1=O. The van der Waals surface area contributed by atoms with Crippen LogP contribution in [0.2, 0.25) is 0 Å². The van der Waals surface area contributed by atoms with Crippen molar-refractivity contribution in [3.05, 3.63) is 29.6 Å². The Bertz CT molecular complexity index is 482. The molecule has 2 amide bonds. The van der Waals surface area contributed by atoms with E-state index in [2.05, 4.69) is 5.32 Å². The summed E-state index contributed by atoms with van der Waals surface area (Å²) in [6, 6.07) is 4.04. The van der Waals surface area contributed by atoms with E-state index in [-0.39, 0.29) is 30.5 Å². The van der Waals surface area contributed by atoms with Crippen LogP contribution < -0.4 is 10.2 Å². The molecule has 1 unspecified atom stereocenters. The summed E-state index contributed by atoms with van der Waals surface area (Å²) in [5, 5.41) is 2.58. The van der Waals surface area contributed by atoms with Gasteiger partial charge in [-0.15, -0.1) is 0 Å². The molecule has 1 atom stereocenters. The molecule has 0 aromatic heterocycles. The highest BCUT2D eigenvalue weighted by Gasteiger charge is 2.29. The molecular formula is C13H15FN2O2. The molecule has 1 fully saturated rings. The number of para-hydroxylation sites is 1. The number of carbonyl (C=O) groups excluding carboxylic acids is 2. The molecule has 1 N–H and O–H groups in total. The third-order valence-electron chi connectivity index (χ3n) is 3.03. The van der Waals surface area contributed by atoms with Gasteiger partial charge < -0.3 is 10.2 Å². The Balaban J connectivity index is 2.42. The summed E-state index contributed by atoms with van der Waals surface area (Å²) in [4.78, 5) is 24.9. The van der Waals surface area contributed by atoms with E-state index >= 15 is 0 Å². The highest BCUT2D eigenvalue weighted by atomic mass is 19.1. The summed E-state index contributed by atoms with van der Waals surface area (Å²) < 4.78 is 13.9. The van der Waals surface area contributed by atoms with Crippen LogP contribution in [-0.4, -0.2) is 24.4 Å². The average Bonchev–Trinajstić information content (AvgIpc) is 2.42. The Hall–Kier alpha value is -1.91. The first-order valence-corrected chi connectivity index (χ1v) is 5.86. The minimum Gasteiger partial charge on any atom is -0.345 e. The molecule has 1 aliphatic heterocycles. The van der Waals surface area contributed by atoms with Crippen LogP contribution >= 0.6 is 0 Å². The molecule has 0 saturated carbocycles. The predicted octanol–water partition coefficient (Wildman–Crippen LogP) is 1.38. The van der Waals surface area contributed by atoms with Crippen molar-refractivity contribution in [1.29, 1.82) is 0 Å². The minimum absolute atomic E-state index is 0.184. The number of anilines is 1. The van der Waals surface area contributed by atoms with E-state index < -0.39 is 11.9 Å². The van der Waals surface area contributed by atoms with Crippen molar-refractivity contribution in [3.63, 3.8) is 0 Å². The number of amides is 2. The fourth-order valence-electron chi connectivity index (χ4n) is 2.12. The summed E-state index contributed by atoms with van der Waals surface area (Å²) in [6.07, 6.45) is 0.184. The maximum absolute atomic E-state index is 13.9. The van der Waals surface area contributed by atoms with E-state index in [4.69, 9.17) is 0 Å². The number of hydrogen-bond acceptors (Lipinski definition) is 2. The number of nitrogens with one attached hydrogen (secondary N) is 1. The zero-order valence-corrected chi connectivity index (χ0v) is 10.4. The first kappa shape index (κ1) is 12.5. The minimum atomic E-state index is -0.626. The van der Waals surface area contributed by atoms with Gasteiger partial charge in [-0.25, -0.2) is 4.39 Å². The van der Waals surface area contributed by atoms with Crippen LogP contribution in [0.15, 0.2) is 18.2 Å². The number of halogens is 1. The molecule has 1 aliphatic rings. The Morgan fingerprint density at radius 3 is 2.78 bits per heavy atom. The van der Waals surface area contributed by atoms with Crippen LogP contribution in [0, 0.1) is 12.7 Å². The van der Waals surface area contributed by atoms with Gasteiger partial charge in [0.05, 0.1) is 5.69 Å². The molecule has 4 nitrogen and oxygen atoms in total. The van der Waals surface area contributed by atoms with Gasteiger partial charge in [0.2, 0.25) is 11.8 Å². The number of benzene rings is 1. The van der Waals surface area contributed by atoms with Crippen molar-refractivity contribution in [2.24, 2.45) is 0 Å². The number of nitrogens with zero attached hydrogens (tertiary/aromatic N) is 1. The Labute approximate surface area is 105 Å². The van der Waals surface area contributed by atoms with Gasteiger partial charge in [-0.05, 0) is 25.5 Å². The van der Waals surface area contributed by atoms with E-state index in [0.29, 0.717) is 5.56 Å². The number of rotatable bonds is 1. The first-order chi connectivity index (χ1) is 8.50. The second-order valence-corrected chi connectivity index (χ2v) is 4.43. The van der Waals surface area contributed by atoms with E-state index in [1.54, 1.807) is 26.0 Å². The quantitative estimate of drug-likeness (QED) is 0.818. The number of carbonyl (C=O) groups is 2. The van der Waals surface area contributed by atoms with Crippen LogP contribution in [0.4, 0.5) is 10.1 Å². The zero-order chi connectivity index (χ0) is 13.3. The molecule has 2 rings (SSSR count). The summed E-state index contributed by atoms with van der Waals surface area (Å²) in [5.41, 5.74) is 0.954. The third-order valence-corrected chi connectivity index (χ3v) is 3.03. The van der Waals surface area contributed by atoms with Gasteiger partial charge in [-0.3, -0.25) is 9.59 Å². The molecule has 0 aliphatic carbocycles. The Kier molecular flexibility index (Phi) is 3.32. The van der Waals surface area contributed by atoms with E-state index in [1.807, 2.05) is 0 Å². The smallest absolute Gasteiger partial charge is 0.249 e. The summed E-state index contributed by atoms with van der Waals surface area (Å²) in [7, 11) is 0. The molecule has 18 heavy (non-hydrogen) atoms. The van der Waals surface area contributed by atoms with Gasteiger partial charge in [0, 0.05) is 13.0 Å². The zero-order valence-electron chi connectivity index (χ0n) is 10.4. The molecule has 0 bridgehead atoms. The van der Waals surface area contributed by atoms with Crippen molar-refractivity contribution in [2.45, 2.75) is 26.3 Å². The molecule has 1 saturated heterocycles. The van der Waals surface area contributed by atoms with E-state index in [9.17, 15) is 14.0 Å². The van der Waals surface area contributed by atoms with Crippen molar-refractivity contribution >= 4 is 17.5 Å². The van der Waals surface area contributed by atoms with Crippen molar-refractivity contribution < 1.29 is 14.0 Å². The van der Waals surface area contributed by atoms with Gasteiger partial charge in [0.25, 0.3) is 0 Å². The van der Waals surface area contributed by atoms with Crippen LogP contribution in [-0.2, 0) is 9.59 Å². The van der Waals surface area contributed by atoms with Gasteiger partial charge >= 0.3 is 0 Å². The fraction of sp³-hybridized carbons (Fsp3) is 0.385. The molecular weight excluding hydrogens is 235 g/mol. The topological polar surface area (TPSA) is 49.4 Å². The van der Waals surface area contributed by atoms with Crippen LogP contribution in [0.3, 0.4) is 0 Å². The number of hydrogen-bond donors (Lipinski definition) is 1. The molecule has 0 spiro atoms. The van der Waals surface area contributed by atoms with Gasteiger partial charge in [0.1, 0.15) is 11.9 Å². The van der Waals surface area contributed by atoms with Crippen LogP contribution in [0.25, 0.3) is 0 Å². The van der Waals surface area contributed by atoms with E-state index in [0.717, 1.165) is 0 Å². The van der Waals surface area contributed by atoms with Gasteiger partial charge in [-0.1, -0.05) is 12.1 Å². The fourth-order valence-corrected chi connectivity index (χ4v) is 2.12. The molecule has 1 aromatic carbocycles. The standard InChI is InChI=1S/C13H15FN2O2/c1-8-4-3-5-10(14)12(8)16-7-6-11(17)15-9(2)13(16)18/h3-5,9H,6-7H2,1-2H3,(H,15,17). The highest BCUT2D eigenvalue weighted by molar-refractivity contribution is 6.01. The highest BCUT2D eigenvalue weighted by Crippen LogP contribution is 2.25. The van der Waals surface area contributed by atoms with Crippen molar-refractivity contribution in [3.8, 4) is 0 Å². The number of aryl methyl sites for hydroxylation is 1. The Morgan fingerprint density at radius 2 is 2.11 bits per heavy atom. The van der Waals surface area contributed by atoms with Gasteiger partial charge in [-0.2, -0.15) is 0 Å². The average molecular weight is 250 g/mol. The normalized spacial score (nSPS) is 20.6. The van der Waals surface area contributed by atoms with Crippen LogP contribution in [0.1, 0.15) is 18.9 Å². The molecule has 1 aromatic rings. The van der Waals surface area contributed by atoms with Crippen LogP contribution in [0.5, 0.6) is 0 Å². The monoisotopic (exact) mass is 250 g/mol. The maximum Gasteiger partial charge on any atom is 0.249 e. The summed E-state index contributed by atoms with van der Waals surface area (Å²) >= 11 is 0. The second-order valence-electron chi connectivity index (χ2n) is 4.43. The van der Waals surface area contributed by atoms with Crippen molar-refractivity contribution in [1.82, 2.24) is 5.32 Å². The lowest BCUT2D eigenvalue weighted by molar-refractivity contribution is -0.125. The van der Waals surface area contributed by atoms with Gasteiger partial charge in [0.15, 0.2) is 0 Å². The third kappa shape index (κ3) is 2.20. The predicted molar refractivity (Wildman–Crippen MR) is 65.7 cm³/mol. The first-order valence-electron chi connectivity index (χ1n) is 5.86. The lowest BCUT2D eigenvalue weighted by Crippen LogP contribution is -2.43. The molecule has 1 heterocycles. The maximum atomic E-state index is 13.9. The lowest BCUT2D eigenvalue weighted by Gasteiger charge is -2.24. The molecule has 5 heteroatoms. The lowest BCUT2D eigenvalue weighted by atomic mass is 10.1. The molecule has 0 radical (unpaired) electrons.